The monoisotopic (exact) mass is 432 g/mol. The molecule has 0 aromatic heterocycles. The lowest BCUT2D eigenvalue weighted by atomic mass is 10.1. The van der Waals surface area contributed by atoms with Crippen molar-refractivity contribution in [2.75, 3.05) is 34.4 Å². The Labute approximate surface area is 178 Å². The number of likely N-dealkylation sites (tertiary alicyclic amines) is 1. The van der Waals surface area contributed by atoms with E-state index in [0.29, 0.717) is 24.6 Å². The van der Waals surface area contributed by atoms with Crippen molar-refractivity contribution in [1.82, 2.24) is 9.21 Å². The summed E-state index contributed by atoms with van der Waals surface area (Å²) in [5.41, 5.74) is 1.08. The molecule has 162 valence electrons. The van der Waals surface area contributed by atoms with Crippen molar-refractivity contribution in [3.05, 3.63) is 53.6 Å². The van der Waals surface area contributed by atoms with Crippen LogP contribution >= 0.6 is 0 Å². The van der Waals surface area contributed by atoms with E-state index in [1.165, 1.54) is 30.6 Å². The zero-order valence-electron chi connectivity index (χ0n) is 17.6. The highest BCUT2D eigenvalue weighted by molar-refractivity contribution is 7.89. The molecule has 0 radical (unpaired) electrons. The molecule has 0 bridgehead atoms. The molecule has 1 saturated heterocycles. The molecule has 7 nitrogen and oxygen atoms in total. The van der Waals surface area contributed by atoms with Crippen LogP contribution in [0.25, 0.3) is 0 Å². The van der Waals surface area contributed by atoms with Gasteiger partial charge in [0.15, 0.2) is 0 Å². The van der Waals surface area contributed by atoms with Crippen LogP contribution in [0.15, 0.2) is 47.4 Å². The van der Waals surface area contributed by atoms with Gasteiger partial charge in [-0.2, -0.15) is 4.31 Å². The predicted molar refractivity (Wildman–Crippen MR) is 114 cm³/mol. The first-order valence-electron chi connectivity index (χ1n) is 9.93. The van der Waals surface area contributed by atoms with E-state index < -0.39 is 10.0 Å². The molecule has 2 aromatic carbocycles. The molecule has 1 aliphatic rings. The average Bonchev–Trinajstić information content (AvgIpc) is 2.78. The minimum Gasteiger partial charge on any atom is -0.497 e. The number of methoxy groups -OCH3 is 2. The lowest BCUT2D eigenvalue weighted by Gasteiger charge is -2.27. The van der Waals surface area contributed by atoms with Crippen molar-refractivity contribution < 1.29 is 22.7 Å². The number of amides is 1. The first-order valence-corrected chi connectivity index (χ1v) is 11.4. The summed E-state index contributed by atoms with van der Waals surface area (Å²) in [7, 11) is 0.762. The second-order valence-corrected chi connectivity index (χ2v) is 9.37. The Hall–Kier alpha value is -2.58. The van der Waals surface area contributed by atoms with Gasteiger partial charge in [0, 0.05) is 26.7 Å². The molecular formula is C22H28N2O5S. The Morgan fingerprint density at radius 3 is 2.43 bits per heavy atom. The third kappa shape index (κ3) is 4.76. The van der Waals surface area contributed by atoms with Gasteiger partial charge >= 0.3 is 0 Å². The van der Waals surface area contributed by atoms with Gasteiger partial charge in [0.2, 0.25) is 10.0 Å². The summed E-state index contributed by atoms with van der Waals surface area (Å²) in [6, 6.07) is 11.7. The van der Waals surface area contributed by atoms with Crippen molar-refractivity contribution >= 4 is 15.9 Å². The van der Waals surface area contributed by atoms with Gasteiger partial charge in [-0.3, -0.25) is 4.79 Å². The number of hydrogen-bond donors (Lipinski definition) is 0. The highest BCUT2D eigenvalue weighted by Crippen LogP contribution is 2.27. The summed E-state index contributed by atoms with van der Waals surface area (Å²) in [6.07, 6.45) is 3.01. The predicted octanol–water partition coefficient (Wildman–Crippen LogP) is 3.15. The van der Waals surface area contributed by atoms with Gasteiger partial charge in [0.25, 0.3) is 5.91 Å². The van der Waals surface area contributed by atoms with E-state index in [9.17, 15) is 13.2 Å². The Balaban J connectivity index is 1.88. The number of ether oxygens (including phenoxy) is 2. The number of piperidine rings is 1. The Bertz CT molecular complexity index is 1000. The molecule has 1 aliphatic heterocycles. The summed E-state index contributed by atoms with van der Waals surface area (Å²) >= 11 is 0. The summed E-state index contributed by atoms with van der Waals surface area (Å²) in [5.74, 6) is 0.844. The van der Waals surface area contributed by atoms with Gasteiger partial charge in [0.05, 0.1) is 24.7 Å². The van der Waals surface area contributed by atoms with E-state index in [1.54, 1.807) is 30.2 Å². The third-order valence-corrected chi connectivity index (χ3v) is 7.09. The molecule has 1 amide bonds. The van der Waals surface area contributed by atoms with Gasteiger partial charge < -0.3 is 14.4 Å². The van der Waals surface area contributed by atoms with Crippen molar-refractivity contribution in [3.63, 3.8) is 0 Å². The average molecular weight is 433 g/mol. The molecule has 1 fully saturated rings. The van der Waals surface area contributed by atoms with Gasteiger partial charge in [-0.1, -0.05) is 12.1 Å². The maximum Gasteiger partial charge on any atom is 0.257 e. The number of hydrogen-bond acceptors (Lipinski definition) is 5. The number of carbonyl (C=O) groups is 1. The minimum atomic E-state index is -3.80. The number of carbonyl (C=O) groups excluding carboxylic acids is 1. The van der Waals surface area contributed by atoms with Crippen molar-refractivity contribution in [2.45, 2.75) is 30.7 Å². The van der Waals surface area contributed by atoms with Crippen LogP contribution in [0, 0.1) is 0 Å². The van der Waals surface area contributed by atoms with Crippen LogP contribution in [-0.2, 0) is 16.6 Å². The lowest BCUT2D eigenvalue weighted by Crippen LogP contribution is -2.36. The molecule has 0 atom stereocenters. The second-order valence-electron chi connectivity index (χ2n) is 7.33. The van der Waals surface area contributed by atoms with Gasteiger partial charge in [-0.05, 0) is 55.2 Å². The number of rotatable bonds is 7. The summed E-state index contributed by atoms with van der Waals surface area (Å²) in [5, 5.41) is 0. The standard InChI is InChI=1S/C22H28N2O5S/c1-23(16-17-8-7-9-18(14-17)28-2)30(26,27)19-10-11-21(29-3)20(15-19)22(25)24-12-5-4-6-13-24/h7-11,14-15H,4-6,12-13,16H2,1-3H3. The molecule has 0 aliphatic carbocycles. The summed E-state index contributed by atoms with van der Waals surface area (Å²) < 4.78 is 38.1. The minimum absolute atomic E-state index is 0.0639. The van der Waals surface area contributed by atoms with E-state index in [0.717, 1.165) is 24.8 Å². The maximum absolute atomic E-state index is 13.2. The molecule has 30 heavy (non-hydrogen) atoms. The van der Waals surface area contributed by atoms with Crippen LogP contribution in [0.2, 0.25) is 0 Å². The highest BCUT2D eigenvalue weighted by Gasteiger charge is 2.26. The van der Waals surface area contributed by atoms with E-state index in [2.05, 4.69) is 0 Å². The quantitative estimate of drug-likeness (QED) is 0.672. The van der Waals surface area contributed by atoms with E-state index in [-0.39, 0.29) is 22.9 Å². The van der Waals surface area contributed by atoms with Crippen LogP contribution < -0.4 is 9.47 Å². The number of benzene rings is 2. The van der Waals surface area contributed by atoms with E-state index >= 15 is 0 Å². The van der Waals surface area contributed by atoms with Gasteiger partial charge in [-0.15, -0.1) is 0 Å². The van der Waals surface area contributed by atoms with Gasteiger partial charge in [-0.25, -0.2) is 8.42 Å². The molecule has 2 aromatic rings. The van der Waals surface area contributed by atoms with Gasteiger partial charge in [0.1, 0.15) is 11.5 Å². The van der Waals surface area contributed by atoms with E-state index in [4.69, 9.17) is 9.47 Å². The van der Waals surface area contributed by atoms with Crippen molar-refractivity contribution in [3.8, 4) is 11.5 Å². The van der Waals surface area contributed by atoms with Crippen LogP contribution in [0.1, 0.15) is 35.2 Å². The molecule has 0 spiro atoms. The molecule has 0 saturated carbocycles. The molecular weight excluding hydrogens is 404 g/mol. The lowest BCUT2D eigenvalue weighted by molar-refractivity contribution is 0.0720. The van der Waals surface area contributed by atoms with Crippen LogP contribution in [-0.4, -0.2) is 57.9 Å². The van der Waals surface area contributed by atoms with Crippen molar-refractivity contribution in [2.24, 2.45) is 0 Å². The SMILES string of the molecule is COc1cccc(CN(C)S(=O)(=O)c2ccc(OC)c(C(=O)N3CCCCC3)c2)c1. The third-order valence-electron chi connectivity index (χ3n) is 5.29. The highest BCUT2D eigenvalue weighted by atomic mass is 32.2. The molecule has 0 N–H and O–H groups in total. The second kappa shape index (κ2) is 9.49. The fraction of sp³-hybridized carbons (Fsp3) is 0.409. The first kappa shape index (κ1) is 22.1. The largest absolute Gasteiger partial charge is 0.497 e. The summed E-state index contributed by atoms with van der Waals surface area (Å²) in [4.78, 5) is 14.8. The molecule has 8 heteroatoms. The molecule has 1 heterocycles. The van der Waals surface area contributed by atoms with E-state index in [1.807, 2.05) is 12.1 Å². The zero-order chi connectivity index (χ0) is 21.7. The fourth-order valence-electron chi connectivity index (χ4n) is 3.57. The number of nitrogens with zero attached hydrogens (tertiary/aromatic N) is 2. The molecule has 3 rings (SSSR count). The Morgan fingerprint density at radius 1 is 1.03 bits per heavy atom. The summed E-state index contributed by atoms with van der Waals surface area (Å²) in [6.45, 7) is 1.53. The molecule has 0 unspecified atom stereocenters. The smallest absolute Gasteiger partial charge is 0.257 e. The van der Waals surface area contributed by atoms with Crippen LogP contribution in [0.5, 0.6) is 11.5 Å². The fourth-order valence-corrected chi connectivity index (χ4v) is 4.76. The van der Waals surface area contributed by atoms with Crippen LogP contribution in [0.4, 0.5) is 0 Å². The topological polar surface area (TPSA) is 76.1 Å². The Kier molecular flexibility index (Phi) is 6.99. The maximum atomic E-state index is 13.2. The van der Waals surface area contributed by atoms with Crippen molar-refractivity contribution in [1.29, 1.82) is 0 Å². The zero-order valence-corrected chi connectivity index (χ0v) is 18.4. The Morgan fingerprint density at radius 2 is 1.77 bits per heavy atom. The van der Waals surface area contributed by atoms with Crippen LogP contribution in [0.3, 0.4) is 0 Å². The normalized spacial score (nSPS) is 14.6. The first-order chi connectivity index (χ1) is 14.4. The number of sulfonamides is 1.